The predicted molar refractivity (Wildman–Crippen MR) is 89.7 cm³/mol. The Morgan fingerprint density at radius 2 is 1.83 bits per heavy atom. The van der Waals surface area contributed by atoms with Gasteiger partial charge < -0.3 is 5.11 Å². The smallest absolute Gasteiger partial charge is 0.185 e. The van der Waals surface area contributed by atoms with E-state index in [-0.39, 0.29) is 5.75 Å². The number of phenolic OH excluding ortho intramolecular Hbond substituents is 1. The van der Waals surface area contributed by atoms with Crippen LogP contribution in [0.25, 0.3) is 38.8 Å². The van der Waals surface area contributed by atoms with E-state index in [1.807, 2.05) is 37.4 Å². The van der Waals surface area contributed by atoms with Gasteiger partial charge in [-0.3, -0.25) is 4.68 Å². The van der Waals surface area contributed by atoms with Gasteiger partial charge in [0.2, 0.25) is 0 Å². The van der Waals surface area contributed by atoms with Crippen molar-refractivity contribution in [2.75, 3.05) is 0 Å². The van der Waals surface area contributed by atoms with Gasteiger partial charge in [-0.1, -0.05) is 24.3 Å². The summed E-state index contributed by atoms with van der Waals surface area (Å²) in [6.45, 7) is 0. The Morgan fingerprint density at radius 3 is 2.67 bits per heavy atom. The number of fused-ring (bicyclic) bond motifs is 4. The van der Waals surface area contributed by atoms with E-state index in [1.165, 1.54) is 0 Å². The summed E-state index contributed by atoms with van der Waals surface area (Å²) in [5, 5.41) is 21.9. The normalized spacial score (nSPS) is 11.7. The molecule has 3 heterocycles. The molecule has 3 aromatic heterocycles. The molecular weight excluding hydrogens is 304 g/mol. The second-order valence-electron chi connectivity index (χ2n) is 5.67. The maximum Gasteiger partial charge on any atom is 0.185 e. The summed E-state index contributed by atoms with van der Waals surface area (Å²) in [6.07, 6.45) is 3.32. The van der Waals surface area contributed by atoms with Crippen molar-refractivity contribution in [3.8, 4) is 17.1 Å². The highest BCUT2D eigenvalue weighted by molar-refractivity contribution is 5.91. The van der Waals surface area contributed by atoms with Gasteiger partial charge in [0.15, 0.2) is 17.1 Å². The van der Waals surface area contributed by atoms with E-state index in [1.54, 1.807) is 27.8 Å². The maximum absolute atomic E-state index is 10.4. The van der Waals surface area contributed by atoms with Crippen molar-refractivity contribution in [1.29, 1.82) is 0 Å². The molecule has 0 unspecified atom stereocenters. The lowest BCUT2D eigenvalue weighted by Gasteiger charge is -2.03. The molecule has 5 rings (SSSR count). The Morgan fingerprint density at radius 1 is 1.04 bits per heavy atom. The topological polar surface area (TPSA) is 81.1 Å². The minimum absolute atomic E-state index is 0.153. The quantitative estimate of drug-likeness (QED) is 0.514. The first-order chi connectivity index (χ1) is 11.7. The van der Waals surface area contributed by atoms with Gasteiger partial charge in [0.1, 0.15) is 12.1 Å². The molecule has 1 N–H and O–H groups in total. The molecule has 0 bridgehead atoms. The number of aromatic hydroxyl groups is 1. The van der Waals surface area contributed by atoms with Crippen LogP contribution in [0, 0.1) is 0 Å². The van der Waals surface area contributed by atoms with Gasteiger partial charge >= 0.3 is 0 Å². The van der Waals surface area contributed by atoms with Crippen LogP contribution in [0.2, 0.25) is 0 Å². The van der Waals surface area contributed by atoms with E-state index < -0.39 is 0 Å². The molecule has 0 aliphatic carbocycles. The third-order valence-electron chi connectivity index (χ3n) is 4.17. The molecule has 24 heavy (non-hydrogen) atoms. The van der Waals surface area contributed by atoms with Gasteiger partial charge in [0.25, 0.3) is 0 Å². The predicted octanol–water partition coefficient (Wildman–Crippen LogP) is 2.54. The fraction of sp³-hybridized carbons (Fsp3) is 0.0588. The zero-order valence-electron chi connectivity index (χ0n) is 12.7. The third-order valence-corrected chi connectivity index (χ3v) is 4.17. The van der Waals surface area contributed by atoms with Crippen molar-refractivity contribution in [2.45, 2.75) is 0 Å². The Balaban J connectivity index is 1.80. The molecular formula is C17H12N6O. The SMILES string of the molecule is Cn1ncc2c1ncn1nc(-c3cc4ccccc4cc3O)nc21. The minimum Gasteiger partial charge on any atom is -0.507 e. The second kappa shape index (κ2) is 4.51. The first-order valence-electron chi connectivity index (χ1n) is 7.46. The fourth-order valence-corrected chi connectivity index (χ4v) is 2.96. The van der Waals surface area contributed by atoms with Crippen LogP contribution in [0.4, 0.5) is 0 Å². The van der Waals surface area contributed by atoms with Crippen LogP contribution in [-0.2, 0) is 7.05 Å². The molecule has 0 aliphatic heterocycles. The molecule has 0 spiro atoms. The Bertz CT molecular complexity index is 1240. The van der Waals surface area contributed by atoms with E-state index in [0.29, 0.717) is 17.0 Å². The van der Waals surface area contributed by atoms with E-state index in [9.17, 15) is 5.11 Å². The Labute approximate surface area is 135 Å². The molecule has 0 saturated heterocycles. The molecule has 0 atom stereocenters. The summed E-state index contributed by atoms with van der Waals surface area (Å²) in [6, 6.07) is 11.5. The number of aromatic nitrogens is 6. The van der Waals surface area contributed by atoms with E-state index in [0.717, 1.165) is 21.8 Å². The number of hydrogen-bond donors (Lipinski definition) is 1. The van der Waals surface area contributed by atoms with Crippen LogP contribution in [0.5, 0.6) is 5.75 Å². The van der Waals surface area contributed by atoms with Gasteiger partial charge in [0.05, 0.1) is 17.1 Å². The van der Waals surface area contributed by atoms with E-state index >= 15 is 0 Å². The number of benzene rings is 2. The van der Waals surface area contributed by atoms with Crippen LogP contribution in [-0.4, -0.2) is 34.5 Å². The number of nitrogens with zero attached hydrogens (tertiary/aromatic N) is 6. The van der Waals surface area contributed by atoms with Crippen LogP contribution < -0.4 is 0 Å². The molecule has 7 nitrogen and oxygen atoms in total. The monoisotopic (exact) mass is 316 g/mol. The molecule has 5 aromatic rings. The lowest BCUT2D eigenvalue weighted by atomic mass is 10.1. The molecule has 0 saturated carbocycles. The average molecular weight is 316 g/mol. The van der Waals surface area contributed by atoms with Crippen LogP contribution >= 0.6 is 0 Å². The minimum atomic E-state index is 0.153. The van der Waals surface area contributed by atoms with Gasteiger partial charge in [0, 0.05) is 7.05 Å². The molecule has 0 radical (unpaired) electrons. The van der Waals surface area contributed by atoms with Gasteiger partial charge in [-0.05, 0) is 22.9 Å². The van der Waals surface area contributed by atoms with Gasteiger partial charge in [-0.2, -0.15) is 5.10 Å². The van der Waals surface area contributed by atoms with Crippen LogP contribution in [0.15, 0.2) is 48.9 Å². The molecule has 7 heteroatoms. The molecule has 0 fully saturated rings. The number of rotatable bonds is 1. The summed E-state index contributed by atoms with van der Waals surface area (Å²) in [7, 11) is 1.83. The summed E-state index contributed by atoms with van der Waals surface area (Å²) < 4.78 is 3.30. The van der Waals surface area contributed by atoms with Crippen LogP contribution in [0.1, 0.15) is 0 Å². The van der Waals surface area contributed by atoms with Crippen molar-refractivity contribution in [3.63, 3.8) is 0 Å². The summed E-state index contributed by atoms with van der Waals surface area (Å²) in [5.41, 5.74) is 1.99. The highest BCUT2D eigenvalue weighted by Gasteiger charge is 2.15. The third kappa shape index (κ3) is 1.72. The van der Waals surface area contributed by atoms with Crippen molar-refractivity contribution >= 4 is 27.5 Å². The Kier molecular flexibility index (Phi) is 2.44. The molecule has 0 amide bonds. The highest BCUT2D eigenvalue weighted by Crippen LogP contribution is 2.32. The summed E-state index contributed by atoms with van der Waals surface area (Å²) in [5.74, 6) is 0.608. The lowest BCUT2D eigenvalue weighted by Crippen LogP contribution is -1.94. The summed E-state index contributed by atoms with van der Waals surface area (Å²) in [4.78, 5) is 8.94. The van der Waals surface area contributed by atoms with E-state index in [4.69, 9.17) is 0 Å². The highest BCUT2D eigenvalue weighted by atomic mass is 16.3. The van der Waals surface area contributed by atoms with Gasteiger partial charge in [-0.25, -0.2) is 14.5 Å². The maximum atomic E-state index is 10.4. The summed E-state index contributed by atoms with van der Waals surface area (Å²) >= 11 is 0. The number of hydrogen-bond acceptors (Lipinski definition) is 5. The number of aryl methyl sites for hydroxylation is 1. The first kappa shape index (κ1) is 13.0. The van der Waals surface area contributed by atoms with Crippen molar-refractivity contribution in [3.05, 3.63) is 48.9 Å². The number of phenols is 1. The molecule has 2 aromatic carbocycles. The average Bonchev–Trinajstić information content (AvgIpc) is 3.17. The van der Waals surface area contributed by atoms with E-state index in [2.05, 4.69) is 20.2 Å². The zero-order valence-corrected chi connectivity index (χ0v) is 12.7. The second-order valence-corrected chi connectivity index (χ2v) is 5.67. The molecule has 0 aliphatic rings. The lowest BCUT2D eigenvalue weighted by molar-refractivity contribution is 0.477. The largest absolute Gasteiger partial charge is 0.507 e. The fourth-order valence-electron chi connectivity index (χ4n) is 2.96. The van der Waals surface area contributed by atoms with Crippen molar-refractivity contribution < 1.29 is 5.11 Å². The van der Waals surface area contributed by atoms with Crippen LogP contribution in [0.3, 0.4) is 0 Å². The van der Waals surface area contributed by atoms with Crippen molar-refractivity contribution in [2.24, 2.45) is 7.05 Å². The van der Waals surface area contributed by atoms with Gasteiger partial charge in [-0.15, -0.1) is 5.10 Å². The molecule has 116 valence electrons. The first-order valence-corrected chi connectivity index (χ1v) is 7.46. The zero-order chi connectivity index (χ0) is 16.3. The standard InChI is InChI=1S/C17H12N6O/c1-22-16-13(8-19-22)17-20-15(21-23(17)9-18-16)12-6-10-4-2-3-5-11(10)7-14(12)24/h2-9,24H,1H3. The Hall–Kier alpha value is -3.48. The van der Waals surface area contributed by atoms with Crippen molar-refractivity contribution in [1.82, 2.24) is 29.4 Å².